The summed E-state index contributed by atoms with van der Waals surface area (Å²) in [7, 11) is 1.50. The Morgan fingerprint density at radius 3 is 2.62 bits per heavy atom. The van der Waals surface area contributed by atoms with Gasteiger partial charge in [0.25, 0.3) is 0 Å². The number of rotatable bonds is 4. The van der Waals surface area contributed by atoms with Crippen molar-refractivity contribution in [2.45, 2.75) is 6.92 Å². The number of anilines is 1. The monoisotopic (exact) mass is 285 g/mol. The average Bonchev–Trinajstić information content (AvgIpc) is 2.27. The predicted octanol–water partition coefficient (Wildman–Crippen LogP) is 2.23. The van der Waals surface area contributed by atoms with E-state index in [-0.39, 0.29) is 17.0 Å². The molecule has 0 bridgehead atoms. The van der Waals surface area contributed by atoms with E-state index < -0.39 is 0 Å². The number of Topliss-reactive ketones (excluding diaryl/α,β-unsaturated/α-hetero) is 1. The summed E-state index contributed by atoms with van der Waals surface area (Å²) in [6.45, 7) is 1.41. The summed E-state index contributed by atoms with van der Waals surface area (Å²) >= 11 is 3.10. The number of alkyl halides is 1. The zero-order valence-electron chi connectivity index (χ0n) is 9.04. The molecule has 0 aliphatic carbocycles. The third-order valence-corrected chi connectivity index (χ3v) is 2.45. The molecule has 16 heavy (non-hydrogen) atoms. The summed E-state index contributed by atoms with van der Waals surface area (Å²) in [5.41, 5.74) is 1.03. The van der Waals surface area contributed by atoms with Gasteiger partial charge in [-0.2, -0.15) is 0 Å². The first-order valence-electron chi connectivity index (χ1n) is 4.63. The Morgan fingerprint density at radius 2 is 2.12 bits per heavy atom. The second-order valence-electron chi connectivity index (χ2n) is 3.15. The van der Waals surface area contributed by atoms with Crippen molar-refractivity contribution < 1.29 is 14.3 Å². The molecular weight excluding hydrogens is 274 g/mol. The van der Waals surface area contributed by atoms with Gasteiger partial charge in [-0.1, -0.05) is 15.9 Å². The molecule has 1 amide bonds. The minimum atomic E-state index is -0.178. The summed E-state index contributed by atoms with van der Waals surface area (Å²) in [5, 5.41) is 2.83. The van der Waals surface area contributed by atoms with Gasteiger partial charge in [0.2, 0.25) is 5.91 Å². The molecule has 5 heteroatoms. The van der Waals surface area contributed by atoms with Gasteiger partial charge in [0.05, 0.1) is 18.0 Å². The lowest BCUT2D eigenvalue weighted by Gasteiger charge is -2.09. The van der Waals surface area contributed by atoms with Crippen LogP contribution in [0.2, 0.25) is 0 Å². The molecule has 0 fully saturated rings. The number of amides is 1. The maximum atomic E-state index is 11.6. The molecular formula is C11H12BrNO3. The molecule has 0 saturated heterocycles. The fourth-order valence-electron chi connectivity index (χ4n) is 1.28. The van der Waals surface area contributed by atoms with Gasteiger partial charge in [0, 0.05) is 12.6 Å². The number of ketones is 1. The number of halogens is 1. The molecule has 0 aromatic heterocycles. The minimum Gasteiger partial charge on any atom is -0.496 e. The minimum absolute atomic E-state index is 0.0935. The van der Waals surface area contributed by atoms with Crippen LogP contribution in [0, 0.1) is 0 Å². The van der Waals surface area contributed by atoms with Crippen LogP contribution in [-0.2, 0) is 4.79 Å². The van der Waals surface area contributed by atoms with E-state index in [4.69, 9.17) is 4.74 Å². The average molecular weight is 286 g/mol. The smallest absolute Gasteiger partial charge is 0.221 e. The van der Waals surface area contributed by atoms with Crippen molar-refractivity contribution in [3.63, 3.8) is 0 Å². The van der Waals surface area contributed by atoms with Gasteiger partial charge in [0.15, 0.2) is 5.78 Å². The number of ether oxygens (including phenoxy) is 1. The Hall–Kier alpha value is -1.36. The Morgan fingerprint density at radius 1 is 1.44 bits per heavy atom. The van der Waals surface area contributed by atoms with Gasteiger partial charge < -0.3 is 10.1 Å². The summed E-state index contributed by atoms with van der Waals surface area (Å²) in [4.78, 5) is 22.5. The van der Waals surface area contributed by atoms with Gasteiger partial charge in [-0.3, -0.25) is 9.59 Å². The van der Waals surface area contributed by atoms with E-state index in [1.807, 2.05) is 0 Å². The number of carbonyl (C=O) groups is 2. The Labute approximate surface area is 102 Å². The van der Waals surface area contributed by atoms with Crippen molar-refractivity contribution in [2.24, 2.45) is 0 Å². The number of hydrogen-bond donors (Lipinski definition) is 1. The highest BCUT2D eigenvalue weighted by atomic mass is 79.9. The van der Waals surface area contributed by atoms with Crippen LogP contribution in [0.3, 0.4) is 0 Å². The van der Waals surface area contributed by atoms with Crippen LogP contribution in [-0.4, -0.2) is 24.1 Å². The quantitative estimate of drug-likeness (QED) is 0.682. The molecule has 0 radical (unpaired) electrons. The van der Waals surface area contributed by atoms with E-state index >= 15 is 0 Å². The maximum absolute atomic E-state index is 11.6. The van der Waals surface area contributed by atoms with Gasteiger partial charge in [-0.05, 0) is 18.2 Å². The SMILES string of the molecule is COc1ccc(NC(C)=O)cc1C(=O)CBr. The first-order chi connectivity index (χ1) is 7.58. The second-order valence-corrected chi connectivity index (χ2v) is 3.71. The fourth-order valence-corrected chi connectivity index (χ4v) is 1.58. The molecule has 0 aliphatic rings. The van der Waals surface area contributed by atoms with E-state index in [2.05, 4.69) is 21.2 Å². The molecule has 86 valence electrons. The van der Waals surface area contributed by atoms with Crippen LogP contribution >= 0.6 is 15.9 Å². The number of hydrogen-bond acceptors (Lipinski definition) is 3. The molecule has 0 unspecified atom stereocenters. The molecule has 0 aliphatic heterocycles. The lowest BCUT2D eigenvalue weighted by atomic mass is 10.1. The molecule has 4 nitrogen and oxygen atoms in total. The van der Waals surface area contributed by atoms with E-state index in [1.54, 1.807) is 18.2 Å². The Balaban J connectivity index is 3.10. The fraction of sp³-hybridized carbons (Fsp3) is 0.273. The maximum Gasteiger partial charge on any atom is 0.221 e. The summed E-state index contributed by atoms with van der Waals surface area (Å²) in [5.74, 6) is 0.227. The van der Waals surface area contributed by atoms with E-state index in [9.17, 15) is 9.59 Å². The zero-order chi connectivity index (χ0) is 12.1. The standard InChI is InChI=1S/C11H12BrNO3/c1-7(14)13-8-3-4-11(16-2)9(5-8)10(15)6-12/h3-5H,6H2,1-2H3,(H,13,14). The molecule has 1 rings (SSSR count). The van der Waals surface area contributed by atoms with Crippen molar-refractivity contribution in [2.75, 3.05) is 17.8 Å². The highest BCUT2D eigenvalue weighted by Gasteiger charge is 2.12. The van der Waals surface area contributed by atoms with Gasteiger partial charge >= 0.3 is 0 Å². The number of nitrogens with one attached hydrogen (secondary N) is 1. The van der Waals surface area contributed by atoms with E-state index in [0.717, 1.165) is 0 Å². The van der Waals surface area contributed by atoms with Crippen LogP contribution in [0.5, 0.6) is 5.75 Å². The van der Waals surface area contributed by atoms with Gasteiger partial charge in [0.1, 0.15) is 5.75 Å². The molecule has 0 spiro atoms. The van der Waals surface area contributed by atoms with E-state index in [1.165, 1.54) is 14.0 Å². The highest BCUT2D eigenvalue weighted by Crippen LogP contribution is 2.23. The number of carbonyl (C=O) groups excluding carboxylic acids is 2. The largest absolute Gasteiger partial charge is 0.496 e. The zero-order valence-corrected chi connectivity index (χ0v) is 10.6. The number of methoxy groups -OCH3 is 1. The molecule has 1 aromatic carbocycles. The highest BCUT2D eigenvalue weighted by molar-refractivity contribution is 9.09. The van der Waals surface area contributed by atoms with Crippen molar-refractivity contribution in [3.05, 3.63) is 23.8 Å². The van der Waals surface area contributed by atoms with Gasteiger partial charge in [-0.15, -0.1) is 0 Å². The van der Waals surface area contributed by atoms with Crippen molar-refractivity contribution in [3.8, 4) is 5.75 Å². The van der Waals surface area contributed by atoms with Crippen LogP contribution in [0.1, 0.15) is 17.3 Å². The van der Waals surface area contributed by atoms with Gasteiger partial charge in [-0.25, -0.2) is 0 Å². The predicted molar refractivity (Wildman–Crippen MR) is 65.4 cm³/mol. The molecule has 1 aromatic rings. The third kappa shape index (κ3) is 3.06. The number of benzene rings is 1. The third-order valence-electron chi connectivity index (χ3n) is 1.94. The normalized spacial score (nSPS) is 9.69. The van der Waals surface area contributed by atoms with Crippen molar-refractivity contribution >= 4 is 33.3 Å². The molecule has 0 saturated carbocycles. The lowest BCUT2D eigenvalue weighted by molar-refractivity contribution is -0.114. The van der Waals surface area contributed by atoms with Crippen LogP contribution in [0.4, 0.5) is 5.69 Å². The molecule has 1 N–H and O–H groups in total. The Bertz CT molecular complexity index is 418. The van der Waals surface area contributed by atoms with Crippen LogP contribution in [0.15, 0.2) is 18.2 Å². The van der Waals surface area contributed by atoms with Crippen molar-refractivity contribution in [1.82, 2.24) is 0 Å². The topological polar surface area (TPSA) is 55.4 Å². The first kappa shape index (κ1) is 12.7. The molecule has 0 atom stereocenters. The molecule has 0 heterocycles. The summed E-state index contributed by atoms with van der Waals surface area (Å²) in [6.07, 6.45) is 0. The summed E-state index contributed by atoms with van der Waals surface area (Å²) < 4.78 is 5.07. The first-order valence-corrected chi connectivity index (χ1v) is 5.75. The van der Waals surface area contributed by atoms with Crippen LogP contribution in [0.25, 0.3) is 0 Å². The lowest BCUT2D eigenvalue weighted by Crippen LogP contribution is -2.08. The van der Waals surface area contributed by atoms with Crippen LogP contribution < -0.4 is 10.1 Å². The Kier molecular flexibility index (Phi) is 4.49. The second kappa shape index (κ2) is 5.65. The summed E-state index contributed by atoms with van der Waals surface area (Å²) in [6, 6.07) is 4.94. The van der Waals surface area contributed by atoms with Crippen molar-refractivity contribution in [1.29, 1.82) is 0 Å². The van der Waals surface area contributed by atoms with E-state index in [0.29, 0.717) is 17.0 Å².